The summed E-state index contributed by atoms with van der Waals surface area (Å²) in [5.41, 5.74) is -1.86. The number of halogens is 5. The number of rotatable bonds is 2. The lowest BCUT2D eigenvalue weighted by Crippen LogP contribution is -2.39. The van der Waals surface area contributed by atoms with Gasteiger partial charge in [-0.2, -0.15) is 13.2 Å². The minimum atomic E-state index is -4.29. The summed E-state index contributed by atoms with van der Waals surface area (Å²) < 4.78 is 37.9. The monoisotopic (exact) mass is 270 g/mol. The Hall–Kier alpha value is -0.680. The molecule has 0 unspecified atom stereocenters. The van der Waals surface area contributed by atoms with Crippen molar-refractivity contribution in [1.29, 1.82) is 0 Å². The van der Waals surface area contributed by atoms with E-state index in [1.807, 2.05) is 0 Å². The summed E-state index contributed by atoms with van der Waals surface area (Å²) in [5, 5.41) is 2.71. The van der Waals surface area contributed by atoms with Gasteiger partial charge in [0.25, 0.3) is 0 Å². The van der Waals surface area contributed by atoms with E-state index in [0.717, 1.165) is 0 Å². The van der Waals surface area contributed by atoms with Gasteiger partial charge in [-0.05, 0) is 18.9 Å². The van der Waals surface area contributed by atoms with Crippen molar-refractivity contribution in [2.45, 2.75) is 24.6 Å². The van der Waals surface area contributed by atoms with Crippen LogP contribution < -0.4 is 5.32 Å². The summed E-state index contributed by atoms with van der Waals surface area (Å²) in [4.78, 5) is 3.74. The minimum Gasteiger partial charge on any atom is -0.355 e. The molecule has 16 heavy (non-hydrogen) atoms. The Balaban J connectivity index is 2.22. The Morgan fingerprint density at radius 2 is 1.94 bits per heavy atom. The Morgan fingerprint density at radius 1 is 1.31 bits per heavy atom. The Kier molecular flexibility index (Phi) is 2.70. The van der Waals surface area contributed by atoms with E-state index >= 15 is 0 Å². The maximum atomic E-state index is 12.6. The van der Waals surface area contributed by atoms with Crippen molar-refractivity contribution in [3.05, 3.63) is 22.3 Å². The van der Waals surface area contributed by atoms with E-state index in [2.05, 4.69) is 10.3 Å². The average Bonchev–Trinajstić information content (AvgIpc) is 2.90. The summed E-state index contributed by atoms with van der Waals surface area (Å²) in [6.45, 7) is 0. The molecule has 0 atom stereocenters. The van der Waals surface area contributed by atoms with Gasteiger partial charge in [0.2, 0.25) is 0 Å². The molecule has 1 heterocycles. The van der Waals surface area contributed by atoms with Crippen LogP contribution in [-0.4, -0.2) is 16.7 Å². The molecule has 2 rings (SSSR count). The molecule has 1 aliphatic rings. The van der Waals surface area contributed by atoms with E-state index < -0.39 is 11.7 Å². The van der Waals surface area contributed by atoms with Crippen LogP contribution in [0.15, 0.2) is 12.3 Å². The molecule has 0 amide bonds. The fourth-order valence-electron chi connectivity index (χ4n) is 1.34. The Morgan fingerprint density at radius 3 is 2.38 bits per heavy atom. The maximum absolute atomic E-state index is 12.6. The molecule has 0 spiro atoms. The molecule has 1 aromatic heterocycles. The second-order valence-electron chi connectivity index (χ2n) is 3.69. The minimum absolute atomic E-state index is 0.0147. The summed E-state index contributed by atoms with van der Waals surface area (Å²) in [6.07, 6.45) is -2.96. The molecule has 0 bridgehead atoms. The second kappa shape index (κ2) is 3.67. The van der Waals surface area contributed by atoms with Crippen LogP contribution in [0.4, 0.5) is 19.0 Å². The van der Waals surface area contributed by atoms with Crippen molar-refractivity contribution in [3.8, 4) is 0 Å². The summed E-state index contributed by atoms with van der Waals surface area (Å²) >= 11 is 11.3. The van der Waals surface area contributed by atoms with Gasteiger partial charge >= 0.3 is 6.18 Å². The first kappa shape index (κ1) is 11.8. The zero-order valence-electron chi connectivity index (χ0n) is 7.91. The van der Waals surface area contributed by atoms with E-state index in [4.69, 9.17) is 23.2 Å². The first-order valence-corrected chi connectivity index (χ1v) is 5.26. The standard InChI is InChI=1S/C9H7Cl2F3N2/c10-5-3-6(11)7(15-4-5)16-8(1-2-8)9(12,13)14/h3-4H,1-2H2,(H,15,16). The zero-order chi connectivity index (χ0) is 12.0. The van der Waals surface area contributed by atoms with Gasteiger partial charge in [0.05, 0.1) is 10.0 Å². The van der Waals surface area contributed by atoms with Gasteiger partial charge < -0.3 is 5.32 Å². The number of alkyl halides is 3. The number of nitrogens with zero attached hydrogens (tertiary/aromatic N) is 1. The lowest BCUT2D eigenvalue weighted by molar-refractivity contribution is -0.151. The highest BCUT2D eigenvalue weighted by molar-refractivity contribution is 6.35. The molecule has 1 saturated carbocycles. The largest absolute Gasteiger partial charge is 0.411 e. The van der Waals surface area contributed by atoms with Gasteiger partial charge in [-0.15, -0.1) is 0 Å². The number of aromatic nitrogens is 1. The number of pyridine rings is 1. The van der Waals surface area contributed by atoms with Crippen molar-refractivity contribution in [2.24, 2.45) is 0 Å². The van der Waals surface area contributed by atoms with Gasteiger partial charge in [-0.25, -0.2) is 4.98 Å². The Labute approximate surface area is 99.8 Å². The third-order valence-corrected chi connectivity index (χ3v) is 2.95. The van der Waals surface area contributed by atoms with Crippen molar-refractivity contribution in [2.75, 3.05) is 5.32 Å². The molecule has 1 fully saturated rings. The van der Waals surface area contributed by atoms with Gasteiger partial charge in [0, 0.05) is 6.20 Å². The molecule has 7 heteroatoms. The number of nitrogens with one attached hydrogen (secondary N) is 1. The first-order valence-electron chi connectivity index (χ1n) is 4.50. The van der Waals surface area contributed by atoms with Crippen LogP contribution in [0.2, 0.25) is 10.0 Å². The molecule has 1 aliphatic carbocycles. The topological polar surface area (TPSA) is 24.9 Å². The fourth-order valence-corrected chi connectivity index (χ4v) is 1.76. The highest BCUT2D eigenvalue weighted by atomic mass is 35.5. The van der Waals surface area contributed by atoms with Crippen LogP contribution in [0.5, 0.6) is 0 Å². The maximum Gasteiger partial charge on any atom is 0.411 e. The van der Waals surface area contributed by atoms with E-state index in [0.29, 0.717) is 0 Å². The molecule has 88 valence electrons. The van der Waals surface area contributed by atoms with Crippen LogP contribution in [0.25, 0.3) is 0 Å². The Bertz CT molecular complexity index is 416. The van der Waals surface area contributed by atoms with E-state index in [-0.39, 0.29) is 28.7 Å². The molecule has 1 aromatic rings. The van der Waals surface area contributed by atoms with E-state index in [1.54, 1.807) is 0 Å². The second-order valence-corrected chi connectivity index (χ2v) is 4.53. The van der Waals surface area contributed by atoms with Crippen molar-refractivity contribution >= 4 is 29.0 Å². The third kappa shape index (κ3) is 2.06. The van der Waals surface area contributed by atoms with Crippen LogP contribution in [0.3, 0.4) is 0 Å². The van der Waals surface area contributed by atoms with Crippen molar-refractivity contribution in [3.63, 3.8) is 0 Å². The smallest absolute Gasteiger partial charge is 0.355 e. The van der Waals surface area contributed by atoms with E-state index in [9.17, 15) is 13.2 Å². The van der Waals surface area contributed by atoms with Crippen LogP contribution in [-0.2, 0) is 0 Å². The number of anilines is 1. The molecule has 0 saturated heterocycles. The number of hydrogen-bond donors (Lipinski definition) is 1. The molecule has 0 aliphatic heterocycles. The predicted molar refractivity (Wildman–Crippen MR) is 55.9 cm³/mol. The summed E-state index contributed by atoms with van der Waals surface area (Å²) in [6, 6.07) is 1.35. The number of hydrogen-bond acceptors (Lipinski definition) is 2. The SMILES string of the molecule is FC(F)(F)C1(Nc2ncc(Cl)cc2Cl)CC1. The third-order valence-electron chi connectivity index (χ3n) is 2.46. The fraction of sp³-hybridized carbons (Fsp3) is 0.444. The average molecular weight is 271 g/mol. The normalized spacial score (nSPS) is 18.3. The lowest BCUT2D eigenvalue weighted by atomic mass is 10.2. The highest BCUT2D eigenvalue weighted by Gasteiger charge is 2.63. The van der Waals surface area contributed by atoms with Gasteiger partial charge in [0.15, 0.2) is 0 Å². The predicted octanol–water partition coefficient (Wildman–Crippen LogP) is 3.90. The summed E-state index contributed by atoms with van der Waals surface area (Å²) in [7, 11) is 0. The van der Waals surface area contributed by atoms with Crippen LogP contribution >= 0.6 is 23.2 Å². The molecule has 0 aromatic carbocycles. The quantitative estimate of drug-likeness (QED) is 0.882. The lowest BCUT2D eigenvalue weighted by Gasteiger charge is -2.21. The summed E-state index contributed by atoms with van der Waals surface area (Å²) in [5.74, 6) is 0.0147. The molecule has 1 N–H and O–H groups in total. The van der Waals surface area contributed by atoms with Gasteiger partial charge in [-0.3, -0.25) is 0 Å². The van der Waals surface area contributed by atoms with Crippen molar-refractivity contribution in [1.82, 2.24) is 4.98 Å². The molecular weight excluding hydrogens is 264 g/mol. The molecule has 2 nitrogen and oxygen atoms in total. The zero-order valence-corrected chi connectivity index (χ0v) is 9.42. The van der Waals surface area contributed by atoms with Crippen LogP contribution in [0.1, 0.15) is 12.8 Å². The first-order chi connectivity index (χ1) is 7.34. The van der Waals surface area contributed by atoms with Gasteiger partial charge in [-0.1, -0.05) is 23.2 Å². The highest BCUT2D eigenvalue weighted by Crippen LogP contribution is 2.51. The van der Waals surface area contributed by atoms with E-state index in [1.165, 1.54) is 12.3 Å². The van der Waals surface area contributed by atoms with Gasteiger partial charge in [0.1, 0.15) is 11.4 Å². The van der Waals surface area contributed by atoms with Crippen LogP contribution in [0, 0.1) is 0 Å². The molecular formula is C9H7Cl2F3N2. The van der Waals surface area contributed by atoms with Crippen molar-refractivity contribution < 1.29 is 13.2 Å². The molecule has 0 radical (unpaired) electrons.